The highest BCUT2D eigenvalue weighted by atomic mass is 16.5. The van der Waals surface area contributed by atoms with Crippen LogP contribution in [0.25, 0.3) is 0 Å². The van der Waals surface area contributed by atoms with Crippen LogP contribution in [0.2, 0.25) is 0 Å². The Bertz CT molecular complexity index is 191. The zero-order chi connectivity index (χ0) is 12.6. The van der Waals surface area contributed by atoms with Crippen LogP contribution < -0.4 is 5.32 Å². The van der Waals surface area contributed by atoms with E-state index in [0.717, 1.165) is 32.1 Å². The topological polar surface area (TPSA) is 61.7 Å². The first-order valence-electron chi connectivity index (χ1n) is 6.76. The monoisotopic (exact) mass is 245 g/mol. The molecule has 102 valence electrons. The molecule has 1 heterocycles. The standard InChI is InChI=1S/C13H27NO3/c1-13(16,11-15)10-14-7-3-2-4-12-5-8-17-9-6-12/h12,14-16H,2-11H2,1H3. The van der Waals surface area contributed by atoms with Gasteiger partial charge < -0.3 is 20.3 Å². The predicted octanol–water partition coefficient (Wildman–Crippen LogP) is 0.916. The number of unbranched alkanes of at least 4 members (excludes halogenated alkanes) is 1. The van der Waals surface area contributed by atoms with Gasteiger partial charge in [0.1, 0.15) is 0 Å². The molecule has 3 N–H and O–H groups in total. The van der Waals surface area contributed by atoms with Gasteiger partial charge in [-0.1, -0.05) is 12.8 Å². The number of nitrogens with one attached hydrogen (secondary N) is 1. The summed E-state index contributed by atoms with van der Waals surface area (Å²) in [4.78, 5) is 0. The van der Waals surface area contributed by atoms with Gasteiger partial charge in [-0.15, -0.1) is 0 Å². The molecule has 0 amide bonds. The lowest BCUT2D eigenvalue weighted by atomic mass is 9.94. The summed E-state index contributed by atoms with van der Waals surface area (Å²) in [6.07, 6.45) is 6.10. The molecule has 1 rings (SSSR count). The average molecular weight is 245 g/mol. The van der Waals surface area contributed by atoms with Gasteiger partial charge in [0.25, 0.3) is 0 Å². The Hall–Kier alpha value is -0.160. The van der Waals surface area contributed by atoms with E-state index in [1.165, 1.54) is 25.7 Å². The van der Waals surface area contributed by atoms with Gasteiger partial charge in [-0.3, -0.25) is 0 Å². The lowest BCUT2D eigenvalue weighted by Crippen LogP contribution is -2.41. The van der Waals surface area contributed by atoms with E-state index in [0.29, 0.717) is 6.54 Å². The summed E-state index contributed by atoms with van der Waals surface area (Å²) in [5, 5.41) is 21.6. The van der Waals surface area contributed by atoms with Crippen LogP contribution in [0.5, 0.6) is 0 Å². The number of rotatable bonds is 8. The van der Waals surface area contributed by atoms with Gasteiger partial charge in [0, 0.05) is 19.8 Å². The molecule has 1 aliphatic rings. The van der Waals surface area contributed by atoms with Crippen LogP contribution in [0.15, 0.2) is 0 Å². The third-order valence-electron chi connectivity index (χ3n) is 3.40. The van der Waals surface area contributed by atoms with Crippen molar-refractivity contribution in [2.75, 3.05) is 32.9 Å². The number of aliphatic hydroxyl groups excluding tert-OH is 1. The molecule has 1 unspecified atom stereocenters. The molecule has 4 heteroatoms. The van der Waals surface area contributed by atoms with E-state index in [-0.39, 0.29) is 6.61 Å². The first-order valence-corrected chi connectivity index (χ1v) is 6.76. The molecule has 0 bridgehead atoms. The van der Waals surface area contributed by atoms with Gasteiger partial charge in [-0.2, -0.15) is 0 Å². The summed E-state index contributed by atoms with van der Waals surface area (Å²) in [6, 6.07) is 0. The van der Waals surface area contributed by atoms with E-state index in [1.54, 1.807) is 6.92 Å². The Morgan fingerprint density at radius 2 is 2.00 bits per heavy atom. The second kappa shape index (κ2) is 8.03. The lowest BCUT2D eigenvalue weighted by molar-refractivity contribution is 0.00282. The molecule has 0 aliphatic carbocycles. The average Bonchev–Trinajstić information content (AvgIpc) is 2.35. The Morgan fingerprint density at radius 1 is 1.29 bits per heavy atom. The molecule has 0 aromatic heterocycles. The molecule has 0 aromatic carbocycles. The smallest absolute Gasteiger partial charge is 0.0972 e. The van der Waals surface area contributed by atoms with E-state index >= 15 is 0 Å². The highest BCUT2D eigenvalue weighted by molar-refractivity contribution is 4.73. The van der Waals surface area contributed by atoms with Crippen LogP contribution in [-0.2, 0) is 4.74 Å². The van der Waals surface area contributed by atoms with Crippen molar-refractivity contribution in [2.45, 2.75) is 44.6 Å². The maximum Gasteiger partial charge on any atom is 0.0972 e. The summed E-state index contributed by atoms with van der Waals surface area (Å²) in [5.74, 6) is 0.851. The van der Waals surface area contributed by atoms with Crippen molar-refractivity contribution < 1.29 is 14.9 Å². The van der Waals surface area contributed by atoms with E-state index in [9.17, 15) is 5.11 Å². The first kappa shape index (κ1) is 14.9. The Morgan fingerprint density at radius 3 is 2.65 bits per heavy atom. The number of ether oxygens (including phenoxy) is 1. The van der Waals surface area contributed by atoms with E-state index in [4.69, 9.17) is 9.84 Å². The molecule has 1 fully saturated rings. The molecule has 1 atom stereocenters. The van der Waals surface area contributed by atoms with Crippen molar-refractivity contribution in [1.82, 2.24) is 5.32 Å². The third-order valence-corrected chi connectivity index (χ3v) is 3.40. The van der Waals surface area contributed by atoms with Crippen LogP contribution in [0.1, 0.15) is 39.0 Å². The minimum Gasteiger partial charge on any atom is -0.393 e. The quantitative estimate of drug-likeness (QED) is 0.556. The molecule has 17 heavy (non-hydrogen) atoms. The van der Waals surface area contributed by atoms with Crippen molar-refractivity contribution in [1.29, 1.82) is 0 Å². The molecule has 1 aliphatic heterocycles. The first-order chi connectivity index (χ1) is 8.14. The van der Waals surface area contributed by atoms with E-state index < -0.39 is 5.60 Å². The Kier molecular flexibility index (Phi) is 7.04. The van der Waals surface area contributed by atoms with Gasteiger partial charge in [0.05, 0.1) is 12.2 Å². The maximum absolute atomic E-state index is 9.56. The summed E-state index contributed by atoms with van der Waals surface area (Å²) >= 11 is 0. The Balaban J connectivity index is 1.90. The molecule has 4 nitrogen and oxygen atoms in total. The van der Waals surface area contributed by atoms with Gasteiger partial charge in [0.15, 0.2) is 0 Å². The molecule has 0 saturated carbocycles. The van der Waals surface area contributed by atoms with Crippen LogP contribution in [0.3, 0.4) is 0 Å². The van der Waals surface area contributed by atoms with Crippen LogP contribution in [0, 0.1) is 5.92 Å². The minimum atomic E-state index is -0.985. The minimum absolute atomic E-state index is 0.192. The SMILES string of the molecule is CC(O)(CO)CNCCCCC1CCOCC1. The fourth-order valence-electron chi connectivity index (χ4n) is 2.13. The van der Waals surface area contributed by atoms with Gasteiger partial charge >= 0.3 is 0 Å². The molecule has 1 saturated heterocycles. The summed E-state index contributed by atoms with van der Waals surface area (Å²) in [7, 11) is 0. The van der Waals surface area contributed by atoms with E-state index in [1.807, 2.05) is 0 Å². The van der Waals surface area contributed by atoms with Crippen molar-refractivity contribution in [3.8, 4) is 0 Å². The molecule has 0 radical (unpaired) electrons. The van der Waals surface area contributed by atoms with Crippen LogP contribution in [0.4, 0.5) is 0 Å². The highest BCUT2D eigenvalue weighted by Crippen LogP contribution is 2.20. The maximum atomic E-state index is 9.56. The van der Waals surface area contributed by atoms with Crippen molar-refractivity contribution >= 4 is 0 Å². The summed E-state index contributed by atoms with van der Waals surface area (Å²) in [5.41, 5.74) is -0.985. The zero-order valence-electron chi connectivity index (χ0n) is 11.0. The number of aliphatic hydroxyl groups is 2. The van der Waals surface area contributed by atoms with E-state index in [2.05, 4.69) is 5.32 Å². The molecule has 0 aromatic rings. The van der Waals surface area contributed by atoms with Crippen LogP contribution in [-0.4, -0.2) is 48.7 Å². The molecular formula is C13H27NO3. The number of hydrogen-bond acceptors (Lipinski definition) is 4. The predicted molar refractivity (Wildman–Crippen MR) is 68.0 cm³/mol. The molecular weight excluding hydrogens is 218 g/mol. The second-order valence-electron chi connectivity index (χ2n) is 5.38. The summed E-state index contributed by atoms with van der Waals surface area (Å²) in [6.45, 7) is 4.69. The fraction of sp³-hybridized carbons (Fsp3) is 1.00. The van der Waals surface area contributed by atoms with Crippen molar-refractivity contribution in [3.05, 3.63) is 0 Å². The highest BCUT2D eigenvalue weighted by Gasteiger charge is 2.17. The summed E-state index contributed by atoms with van der Waals surface area (Å²) < 4.78 is 5.33. The number of hydrogen-bond donors (Lipinski definition) is 3. The second-order valence-corrected chi connectivity index (χ2v) is 5.38. The van der Waals surface area contributed by atoms with Crippen LogP contribution >= 0.6 is 0 Å². The zero-order valence-corrected chi connectivity index (χ0v) is 11.0. The van der Waals surface area contributed by atoms with Gasteiger partial charge in [0.2, 0.25) is 0 Å². The fourth-order valence-corrected chi connectivity index (χ4v) is 2.13. The lowest BCUT2D eigenvalue weighted by Gasteiger charge is -2.22. The largest absolute Gasteiger partial charge is 0.393 e. The van der Waals surface area contributed by atoms with Gasteiger partial charge in [-0.05, 0) is 38.6 Å². The third kappa shape index (κ3) is 6.99. The van der Waals surface area contributed by atoms with Crippen molar-refractivity contribution in [3.63, 3.8) is 0 Å². The van der Waals surface area contributed by atoms with Crippen molar-refractivity contribution in [2.24, 2.45) is 5.92 Å². The van der Waals surface area contributed by atoms with Gasteiger partial charge in [-0.25, -0.2) is 0 Å². The normalized spacial score (nSPS) is 21.4. The Labute approximate surface area is 104 Å². The molecule has 0 spiro atoms.